The molecule has 0 saturated heterocycles. The summed E-state index contributed by atoms with van der Waals surface area (Å²) in [6.45, 7) is 0.488. The van der Waals surface area contributed by atoms with Crippen LogP contribution in [0.15, 0.2) is 59.9 Å². The lowest BCUT2D eigenvalue weighted by atomic mass is 10.2. The maximum absolute atomic E-state index is 12.4. The second kappa shape index (κ2) is 6.04. The van der Waals surface area contributed by atoms with Crippen LogP contribution in [-0.4, -0.2) is 29.7 Å². The monoisotopic (exact) mass is 318 g/mol. The van der Waals surface area contributed by atoms with Crippen LogP contribution in [0.25, 0.3) is 22.3 Å². The molecule has 4 aromatic rings. The number of pyridine rings is 1. The maximum Gasteiger partial charge on any atom is 0.261 e. The zero-order chi connectivity index (χ0) is 16.4. The molecule has 4 rings (SSSR count). The lowest BCUT2D eigenvalue weighted by Crippen LogP contribution is -2.21. The van der Waals surface area contributed by atoms with E-state index in [0.29, 0.717) is 29.7 Å². The summed E-state index contributed by atoms with van der Waals surface area (Å²) in [5.74, 6) is 1.35. The topological polar surface area (TPSA) is 89.3 Å². The van der Waals surface area contributed by atoms with Crippen LogP contribution in [0.1, 0.15) is 5.82 Å². The van der Waals surface area contributed by atoms with Crippen molar-refractivity contribution in [3.05, 3.63) is 71.3 Å². The summed E-state index contributed by atoms with van der Waals surface area (Å²) < 4.78 is 1.59. The van der Waals surface area contributed by atoms with E-state index in [0.717, 1.165) is 11.4 Å². The van der Waals surface area contributed by atoms with Crippen molar-refractivity contribution in [2.45, 2.75) is 13.0 Å². The van der Waals surface area contributed by atoms with Gasteiger partial charge in [0, 0.05) is 30.9 Å². The van der Waals surface area contributed by atoms with E-state index in [9.17, 15) is 4.79 Å². The Morgan fingerprint density at radius 1 is 1.08 bits per heavy atom. The summed E-state index contributed by atoms with van der Waals surface area (Å²) in [5.41, 5.74) is 1.56. The van der Waals surface area contributed by atoms with Crippen LogP contribution in [0, 0.1) is 0 Å². The summed E-state index contributed by atoms with van der Waals surface area (Å²) in [4.78, 5) is 25.2. The number of H-pyrrole nitrogens is 1. The third-order valence-electron chi connectivity index (χ3n) is 3.79. The van der Waals surface area contributed by atoms with Crippen LogP contribution < -0.4 is 5.56 Å². The van der Waals surface area contributed by atoms with Crippen LogP contribution in [-0.2, 0) is 13.0 Å². The van der Waals surface area contributed by atoms with E-state index in [1.165, 1.54) is 0 Å². The molecule has 3 heterocycles. The van der Waals surface area contributed by atoms with E-state index in [4.69, 9.17) is 0 Å². The van der Waals surface area contributed by atoms with Crippen LogP contribution >= 0.6 is 0 Å². The quantitative estimate of drug-likeness (QED) is 0.620. The molecule has 7 nitrogen and oxygen atoms in total. The highest BCUT2D eigenvalue weighted by Gasteiger charge is 2.07. The van der Waals surface area contributed by atoms with Gasteiger partial charge in [-0.2, -0.15) is 5.10 Å². The van der Waals surface area contributed by atoms with Crippen molar-refractivity contribution in [3.63, 3.8) is 0 Å². The van der Waals surface area contributed by atoms with Gasteiger partial charge in [0.05, 0.1) is 17.2 Å². The first-order chi connectivity index (χ1) is 11.8. The fourth-order valence-corrected chi connectivity index (χ4v) is 2.53. The minimum Gasteiger partial charge on any atom is -0.298 e. The molecular weight excluding hydrogens is 304 g/mol. The van der Waals surface area contributed by atoms with Crippen molar-refractivity contribution in [3.8, 4) is 11.4 Å². The molecular formula is C17H14N6O. The normalized spacial score (nSPS) is 11.0. The molecule has 0 fully saturated rings. The Kier molecular flexibility index (Phi) is 3.59. The molecule has 0 radical (unpaired) electrons. The Labute approximate surface area is 137 Å². The van der Waals surface area contributed by atoms with Crippen molar-refractivity contribution in [1.82, 2.24) is 29.7 Å². The zero-order valence-electron chi connectivity index (χ0n) is 12.8. The number of hydrogen-bond acceptors (Lipinski definition) is 5. The molecule has 1 aromatic carbocycles. The van der Waals surface area contributed by atoms with Gasteiger partial charge in [-0.25, -0.2) is 9.97 Å². The van der Waals surface area contributed by atoms with Gasteiger partial charge in [0.15, 0.2) is 5.82 Å². The fourth-order valence-electron chi connectivity index (χ4n) is 2.53. The van der Waals surface area contributed by atoms with Gasteiger partial charge in [0.1, 0.15) is 5.82 Å². The van der Waals surface area contributed by atoms with E-state index in [1.54, 1.807) is 29.4 Å². The van der Waals surface area contributed by atoms with Crippen LogP contribution in [0.4, 0.5) is 0 Å². The Balaban J connectivity index is 1.55. The highest BCUT2D eigenvalue weighted by Crippen LogP contribution is 2.12. The van der Waals surface area contributed by atoms with Crippen molar-refractivity contribution >= 4 is 10.9 Å². The second-order valence-corrected chi connectivity index (χ2v) is 5.35. The fraction of sp³-hybridized carbons (Fsp3) is 0.118. The van der Waals surface area contributed by atoms with Gasteiger partial charge < -0.3 is 0 Å². The van der Waals surface area contributed by atoms with Gasteiger partial charge in [0.2, 0.25) is 0 Å². The molecule has 0 amide bonds. The Morgan fingerprint density at radius 2 is 1.92 bits per heavy atom. The lowest BCUT2D eigenvalue weighted by molar-refractivity contribution is 0.644. The van der Waals surface area contributed by atoms with Gasteiger partial charge in [-0.15, -0.1) is 0 Å². The predicted octanol–water partition coefficient (Wildman–Crippen LogP) is 1.82. The second-order valence-electron chi connectivity index (χ2n) is 5.35. The molecule has 0 atom stereocenters. The molecule has 1 N–H and O–H groups in total. The first kappa shape index (κ1) is 14.3. The average Bonchev–Trinajstić information content (AvgIpc) is 3.11. The average molecular weight is 318 g/mol. The number of aromatic nitrogens is 6. The van der Waals surface area contributed by atoms with Crippen molar-refractivity contribution in [2.24, 2.45) is 0 Å². The summed E-state index contributed by atoms with van der Waals surface area (Å²) in [5, 5.41) is 7.74. The molecule has 3 aromatic heterocycles. The number of fused-ring (bicyclic) bond motifs is 1. The molecule has 0 aliphatic carbocycles. The molecule has 0 unspecified atom stereocenters. The summed E-state index contributed by atoms with van der Waals surface area (Å²) in [6, 6.07) is 11.0. The standard InChI is InChI=1S/C17H14N6O/c24-17-13-3-1-2-4-14(13)19-11-23(17)10-7-15-20-16(22-21-15)12-5-8-18-9-6-12/h1-6,8-9,11H,7,10H2,(H,20,21,22). The highest BCUT2D eigenvalue weighted by atomic mass is 16.1. The van der Waals surface area contributed by atoms with Crippen molar-refractivity contribution < 1.29 is 0 Å². The minimum atomic E-state index is -0.0468. The molecule has 0 aliphatic rings. The van der Waals surface area contributed by atoms with E-state index in [-0.39, 0.29) is 5.56 Å². The van der Waals surface area contributed by atoms with Crippen molar-refractivity contribution in [1.29, 1.82) is 0 Å². The Bertz CT molecular complexity index is 1040. The third kappa shape index (κ3) is 2.67. The molecule has 118 valence electrons. The number of para-hydroxylation sites is 1. The molecule has 0 aliphatic heterocycles. The van der Waals surface area contributed by atoms with E-state index < -0.39 is 0 Å². The molecule has 0 spiro atoms. The maximum atomic E-state index is 12.4. The Hall–Kier alpha value is -3.35. The number of benzene rings is 1. The van der Waals surface area contributed by atoms with Crippen LogP contribution in [0.3, 0.4) is 0 Å². The largest absolute Gasteiger partial charge is 0.298 e. The molecule has 0 saturated carbocycles. The van der Waals surface area contributed by atoms with Gasteiger partial charge >= 0.3 is 0 Å². The number of nitrogens with one attached hydrogen (secondary N) is 1. The first-order valence-electron chi connectivity index (χ1n) is 7.57. The number of aryl methyl sites for hydroxylation is 2. The zero-order valence-corrected chi connectivity index (χ0v) is 12.8. The summed E-state index contributed by atoms with van der Waals surface area (Å²) in [6.07, 6.45) is 5.54. The van der Waals surface area contributed by atoms with Crippen LogP contribution in [0.5, 0.6) is 0 Å². The third-order valence-corrected chi connectivity index (χ3v) is 3.79. The summed E-state index contributed by atoms with van der Waals surface area (Å²) >= 11 is 0. The van der Waals surface area contributed by atoms with Crippen molar-refractivity contribution in [2.75, 3.05) is 0 Å². The molecule has 0 bridgehead atoms. The number of nitrogens with zero attached hydrogens (tertiary/aromatic N) is 5. The molecule has 7 heteroatoms. The van der Waals surface area contributed by atoms with E-state index in [2.05, 4.69) is 25.1 Å². The molecule has 24 heavy (non-hydrogen) atoms. The van der Waals surface area contributed by atoms with E-state index >= 15 is 0 Å². The van der Waals surface area contributed by atoms with Gasteiger partial charge in [-0.1, -0.05) is 12.1 Å². The van der Waals surface area contributed by atoms with Gasteiger partial charge in [-0.3, -0.25) is 19.4 Å². The SMILES string of the molecule is O=c1c2ccccc2ncn1CCc1nc(-c2ccncc2)n[nH]1. The Morgan fingerprint density at radius 3 is 2.79 bits per heavy atom. The number of aromatic amines is 1. The number of rotatable bonds is 4. The number of hydrogen-bond donors (Lipinski definition) is 1. The first-order valence-corrected chi connectivity index (χ1v) is 7.57. The van der Waals surface area contributed by atoms with E-state index in [1.807, 2.05) is 30.3 Å². The summed E-state index contributed by atoms with van der Waals surface area (Å²) in [7, 11) is 0. The minimum absolute atomic E-state index is 0.0468. The highest BCUT2D eigenvalue weighted by molar-refractivity contribution is 5.76. The van der Waals surface area contributed by atoms with Gasteiger partial charge in [-0.05, 0) is 24.3 Å². The smallest absolute Gasteiger partial charge is 0.261 e. The van der Waals surface area contributed by atoms with Gasteiger partial charge in [0.25, 0.3) is 5.56 Å². The predicted molar refractivity (Wildman–Crippen MR) is 89.3 cm³/mol. The van der Waals surface area contributed by atoms with Crippen LogP contribution in [0.2, 0.25) is 0 Å². The lowest BCUT2D eigenvalue weighted by Gasteiger charge is -2.04.